The molecule has 0 amide bonds. The Balaban J connectivity index is 0.00000261. The van der Waals surface area contributed by atoms with Gasteiger partial charge in [0.25, 0.3) is 0 Å². The molecule has 1 fully saturated rings. The molecule has 2 heterocycles. The SMILES string of the molecule is CN=C(NCCc1c[nH]c2cc(F)ccc12)N(C)CCC1CCOCC1.I. The van der Waals surface area contributed by atoms with Crippen LogP contribution >= 0.6 is 24.0 Å². The second kappa shape index (κ2) is 10.8. The summed E-state index contributed by atoms with van der Waals surface area (Å²) in [6.45, 7) is 3.58. The lowest BCUT2D eigenvalue weighted by Crippen LogP contribution is -2.40. The van der Waals surface area contributed by atoms with Crippen LogP contribution in [-0.2, 0) is 11.2 Å². The molecule has 27 heavy (non-hydrogen) atoms. The number of aliphatic imine (C=N–C) groups is 1. The maximum atomic E-state index is 13.3. The Morgan fingerprint density at radius 1 is 1.37 bits per heavy atom. The van der Waals surface area contributed by atoms with Crippen LogP contribution in [0, 0.1) is 11.7 Å². The molecule has 0 saturated carbocycles. The van der Waals surface area contributed by atoms with Crippen molar-refractivity contribution in [1.29, 1.82) is 0 Å². The fourth-order valence-corrected chi connectivity index (χ4v) is 3.58. The minimum Gasteiger partial charge on any atom is -0.381 e. The van der Waals surface area contributed by atoms with E-state index in [9.17, 15) is 4.39 Å². The molecule has 2 N–H and O–H groups in total. The van der Waals surface area contributed by atoms with Gasteiger partial charge in [0.05, 0.1) is 0 Å². The molecular weight excluding hydrogens is 458 g/mol. The molecular formula is C20H30FIN4O. The third kappa shape index (κ3) is 6.07. The summed E-state index contributed by atoms with van der Waals surface area (Å²) < 4.78 is 18.7. The number of H-pyrrole nitrogens is 1. The summed E-state index contributed by atoms with van der Waals surface area (Å²) in [6, 6.07) is 4.89. The van der Waals surface area contributed by atoms with E-state index in [2.05, 4.69) is 27.2 Å². The zero-order valence-corrected chi connectivity index (χ0v) is 18.5. The molecule has 0 aliphatic carbocycles. The first-order valence-corrected chi connectivity index (χ1v) is 9.42. The van der Waals surface area contributed by atoms with Crippen molar-refractivity contribution in [3.63, 3.8) is 0 Å². The van der Waals surface area contributed by atoms with E-state index in [1.807, 2.05) is 19.3 Å². The lowest BCUT2D eigenvalue weighted by molar-refractivity contribution is 0.0625. The topological polar surface area (TPSA) is 52.7 Å². The summed E-state index contributed by atoms with van der Waals surface area (Å²) in [5.74, 6) is 1.47. The van der Waals surface area contributed by atoms with Gasteiger partial charge in [-0.25, -0.2) is 4.39 Å². The zero-order valence-electron chi connectivity index (χ0n) is 16.1. The molecule has 0 radical (unpaired) electrons. The minimum atomic E-state index is -0.212. The maximum Gasteiger partial charge on any atom is 0.193 e. The van der Waals surface area contributed by atoms with Gasteiger partial charge in [0, 0.05) is 57.5 Å². The van der Waals surface area contributed by atoms with Crippen LogP contribution in [0.15, 0.2) is 29.4 Å². The molecule has 0 unspecified atom stereocenters. The van der Waals surface area contributed by atoms with E-state index in [1.165, 1.54) is 37.0 Å². The maximum absolute atomic E-state index is 13.3. The van der Waals surface area contributed by atoms with Crippen molar-refractivity contribution in [2.75, 3.05) is 40.4 Å². The number of ether oxygens (including phenoxy) is 1. The molecule has 150 valence electrons. The third-order valence-electron chi connectivity index (χ3n) is 5.19. The van der Waals surface area contributed by atoms with Gasteiger partial charge in [0.2, 0.25) is 0 Å². The zero-order chi connectivity index (χ0) is 18.4. The molecule has 2 aromatic rings. The minimum absolute atomic E-state index is 0. The monoisotopic (exact) mass is 488 g/mol. The van der Waals surface area contributed by atoms with Gasteiger partial charge in [0.1, 0.15) is 5.82 Å². The van der Waals surface area contributed by atoms with Gasteiger partial charge in [-0.3, -0.25) is 4.99 Å². The molecule has 1 aromatic carbocycles. The lowest BCUT2D eigenvalue weighted by Gasteiger charge is -2.26. The van der Waals surface area contributed by atoms with Crippen LogP contribution in [0.3, 0.4) is 0 Å². The number of fused-ring (bicyclic) bond motifs is 1. The van der Waals surface area contributed by atoms with E-state index in [0.717, 1.165) is 55.5 Å². The Morgan fingerprint density at radius 2 is 2.15 bits per heavy atom. The van der Waals surface area contributed by atoms with Gasteiger partial charge in [-0.2, -0.15) is 0 Å². The Labute approximate surface area is 177 Å². The number of halogens is 2. The Kier molecular flexibility index (Phi) is 8.82. The van der Waals surface area contributed by atoms with Crippen molar-refractivity contribution in [2.45, 2.75) is 25.7 Å². The highest BCUT2D eigenvalue weighted by atomic mass is 127. The smallest absolute Gasteiger partial charge is 0.193 e. The summed E-state index contributed by atoms with van der Waals surface area (Å²) in [7, 11) is 3.91. The predicted octanol–water partition coefficient (Wildman–Crippen LogP) is 3.79. The first-order valence-electron chi connectivity index (χ1n) is 9.42. The highest BCUT2D eigenvalue weighted by molar-refractivity contribution is 14.0. The lowest BCUT2D eigenvalue weighted by atomic mass is 9.96. The second-order valence-corrected chi connectivity index (χ2v) is 6.99. The quantitative estimate of drug-likeness (QED) is 0.370. The van der Waals surface area contributed by atoms with Crippen LogP contribution in [0.5, 0.6) is 0 Å². The van der Waals surface area contributed by atoms with Crippen LogP contribution in [0.2, 0.25) is 0 Å². The van der Waals surface area contributed by atoms with E-state index >= 15 is 0 Å². The highest BCUT2D eigenvalue weighted by Crippen LogP contribution is 2.20. The van der Waals surface area contributed by atoms with Crippen LogP contribution in [0.4, 0.5) is 4.39 Å². The number of rotatable bonds is 6. The summed E-state index contributed by atoms with van der Waals surface area (Å²) in [5, 5.41) is 4.51. The van der Waals surface area contributed by atoms with Gasteiger partial charge in [-0.1, -0.05) is 0 Å². The van der Waals surface area contributed by atoms with Crippen LogP contribution in [0.25, 0.3) is 10.9 Å². The van der Waals surface area contributed by atoms with Gasteiger partial charge in [-0.05, 0) is 55.4 Å². The van der Waals surface area contributed by atoms with Crippen molar-refractivity contribution >= 4 is 40.8 Å². The summed E-state index contributed by atoms with van der Waals surface area (Å²) in [4.78, 5) is 9.73. The van der Waals surface area contributed by atoms with E-state index in [1.54, 1.807) is 0 Å². The van der Waals surface area contributed by atoms with Gasteiger partial charge >= 0.3 is 0 Å². The van der Waals surface area contributed by atoms with Crippen molar-refractivity contribution in [2.24, 2.45) is 10.9 Å². The van der Waals surface area contributed by atoms with Gasteiger partial charge in [-0.15, -0.1) is 24.0 Å². The van der Waals surface area contributed by atoms with Crippen molar-refractivity contribution in [3.8, 4) is 0 Å². The Bertz CT molecular complexity index is 743. The summed E-state index contributed by atoms with van der Waals surface area (Å²) >= 11 is 0. The normalized spacial score (nSPS) is 15.6. The average Bonchev–Trinajstić information content (AvgIpc) is 3.06. The number of benzene rings is 1. The number of guanidine groups is 1. The van der Waals surface area contributed by atoms with Crippen LogP contribution in [0.1, 0.15) is 24.8 Å². The van der Waals surface area contributed by atoms with Gasteiger partial charge in [0.15, 0.2) is 5.96 Å². The fraction of sp³-hybridized carbons (Fsp3) is 0.550. The molecule has 3 rings (SSSR count). The first-order chi connectivity index (χ1) is 12.7. The number of hydrogen-bond donors (Lipinski definition) is 2. The molecule has 1 aromatic heterocycles. The molecule has 0 bridgehead atoms. The largest absolute Gasteiger partial charge is 0.381 e. The van der Waals surface area contributed by atoms with E-state index < -0.39 is 0 Å². The predicted molar refractivity (Wildman–Crippen MR) is 120 cm³/mol. The van der Waals surface area contributed by atoms with Crippen LogP contribution in [-0.4, -0.2) is 56.2 Å². The molecule has 1 saturated heterocycles. The van der Waals surface area contributed by atoms with Gasteiger partial charge < -0.3 is 19.9 Å². The molecule has 5 nitrogen and oxygen atoms in total. The Hall–Kier alpha value is -1.35. The summed E-state index contributed by atoms with van der Waals surface area (Å²) in [6.07, 6.45) is 6.33. The number of aromatic amines is 1. The molecule has 0 atom stereocenters. The van der Waals surface area contributed by atoms with E-state index in [4.69, 9.17) is 4.74 Å². The third-order valence-corrected chi connectivity index (χ3v) is 5.19. The molecule has 1 aliphatic rings. The average molecular weight is 488 g/mol. The first kappa shape index (κ1) is 21.9. The fourth-order valence-electron chi connectivity index (χ4n) is 3.58. The number of nitrogens with one attached hydrogen (secondary N) is 2. The highest BCUT2D eigenvalue weighted by Gasteiger charge is 2.15. The molecule has 1 aliphatic heterocycles. The van der Waals surface area contributed by atoms with Crippen molar-refractivity contribution < 1.29 is 9.13 Å². The second-order valence-electron chi connectivity index (χ2n) is 6.99. The number of aromatic nitrogens is 1. The van der Waals surface area contributed by atoms with Crippen molar-refractivity contribution in [3.05, 3.63) is 35.8 Å². The van der Waals surface area contributed by atoms with Crippen LogP contribution < -0.4 is 5.32 Å². The molecule has 0 spiro atoms. The van der Waals surface area contributed by atoms with E-state index in [0.29, 0.717) is 0 Å². The van der Waals surface area contributed by atoms with E-state index in [-0.39, 0.29) is 29.8 Å². The summed E-state index contributed by atoms with van der Waals surface area (Å²) in [5.41, 5.74) is 2.03. The standard InChI is InChI=1S/C20H29FN4O.HI/c1-22-20(25(2)10-6-15-7-11-26-12-8-15)23-9-5-16-14-24-19-13-17(21)3-4-18(16)19;/h3-4,13-15,24H,5-12H2,1-2H3,(H,22,23);1H. The molecule has 7 heteroatoms. The Morgan fingerprint density at radius 3 is 2.89 bits per heavy atom. The number of hydrogen-bond acceptors (Lipinski definition) is 2. The van der Waals surface area contributed by atoms with Crippen molar-refractivity contribution in [1.82, 2.24) is 15.2 Å². The number of nitrogens with zero attached hydrogens (tertiary/aromatic N) is 2.